The van der Waals surface area contributed by atoms with Crippen molar-refractivity contribution in [1.82, 2.24) is 4.98 Å². The van der Waals surface area contributed by atoms with Crippen LogP contribution in [0.3, 0.4) is 0 Å². The Labute approximate surface area is 189 Å². The maximum atomic E-state index is 13.6. The molecule has 2 aromatic heterocycles. The van der Waals surface area contributed by atoms with E-state index in [1.807, 2.05) is 0 Å². The fourth-order valence-corrected chi connectivity index (χ4v) is 5.16. The molecule has 168 valence electrons. The summed E-state index contributed by atoms with van der Waals surface area (Å²) in [4.78, 5) is 38.2. The Morgan fingerprint density at radius 1 is 1.21 bits per heavy atom. The summed E-state index contributed by atoms with van der Waals surface area (Å²) >= 11 is 0.736. The first kappa shape index (κ1) is 22.1. The lowest BCUT2D eigenvalue weighted by Crippen LogP contribution is -2.37. The van der Waals surface area contributed by atoms with Crippen LogP contribution in [0.15, 0.2) is 75.0 Å². The Morgan fingerprint density at radius 2 is 2.00 bits per heavy atom. The van der Waals surface area contributed by atoms with Crippen LogP contribution < -0.4 is 14.0 Å². The number of rotatable bonds is 6. The largest absolute Gasteiger partial charge is 0.490 e. The van der Waals surface area contributed by atoms with Crippen LogP contribution in [-0.2, 0) is 10.0 Å². The van der Waals surface area contributed by atoms with Gasteiger partial charge in [-0.1, -0.05) is 11.3 Å². The van der Waals surface area contributed by atoms with Crippen LogP contribution >= 0.6 is 11.3 Å². The van der Waals surface area contributed by atoms with Crippen molar-refractivity contribution in [1.29, 1.82) is 0 Å². The lowest BCUT2D eigenvalue weighted by atomic mass is 10.2. The first-order valence-electron chi connectivity index (χ1n) is 9.08. The fourth-order valence-electron chi connectivity index (χ4n) is 3.04. The summed E-state index contributed by atoms with van der Waals surface area (Å²) in [7, 11) is -3.44. The first-order valence-corrected chi connectivity index (χ1v) is 11.3. The van der Waals surface area contributed by atoms with Crippen LogP contribution in [0, 0.1) is 10.1 Å². The molecule has 2 heterocycles. The van der Waals surface area contributed by atoms with Gasteiger partial charge in [0.15, 0.2) is 5.75 Å². The number of fused-ring (bicyclic) bond motifs is 1. The highest BCUT2D eigenvalue weighted by Gasteiger charge is 2.34. The normalized spacial score (nSPS) is 11.3. The van der Waals surface area contributed by atoms with Crippen molar-refractivity contribution in [2.75, 3.05) is 11.4 Å². The SMILES string of the molecule is COc1ccc(S(=O)(=O)N(C(=O)c2cccnc2)c2ccc3oc(=O)sc3c2)cc1[N+](=O)[O-]. The van der Waals surface area contributed by atoms with Crippen LogP contribution in [0.5, 0.6) is 5.75 Å². The van der Waals surface area contributed by atoms with Crippen molar-refractivity contribution < 1.29 is 27.3 Å². The average Bonchev–Trinajstić information content (AvgIpc) is 3.18. The monoisotopic (exact) mass is 487 g/mol. The number of pyridine rings is 1. The van der Waals surface area contributed by atoms with E-state index < -0.39 is 36.4 Å². The van der Waals surface area contributed by atoms with Crippen LogP contribution in [0.2, 0.25) is 0 Å². The van der Waals surface area contributed by atoms with E-state index in [0.717, 1.165) is 29.5 Å². The molecule has 0 saturated heterocycles. The van der Waals surface area contributed by atoms with Crippen LogP contribution in [0.1, 0.15) is 10.4 Å². The van der Waals surface area contributed by atoms with Gasteiger partial charge in [-0.2, -0.15) is 4.31 Å². The third-order valence-electron chi connectivity index (χ3n) is 4.53. The molecule has 0 aliphatic heterocycles. The van der Waals surface area contributed by atoms with Gasteiger partial charge in [-0.05, 0) is 42.5 Å². The Kier molecular flexibility index (Phi) is 5.66. The van der Waals surface area contributed by atoms with Crippen molar-refractivity contribution in [3.05, 3.63) is 86.3 Å². The smallest absolute Gasteiger partial charge is 0.396 e. The molecule has 0 atom stereocenters. The molecule has 4 rings (SSSR count). The third-order valence-corrected chi connectivity index (χ3v) is 7.02. The zero-order valence-corrected chi connectivity index (χ0v) is 18.3. The Hall–Kier alpha value is -4.10. The highest BCUT2D eigenvalue weighted by molar-refractivity contribution is 7.93. The van der Waals surface area contributed by atoms with E-state index in [2.05, 4.69) is 4.98 Å². The summed E-state index contributed by atoms with van der Waals surface area (Å²) in [6.07, 6.45) is 2.60. The molecule has 0 spiro atoms. The van der Waals surface area contributed by atoms with Crippen molar-refractivity contribution >= 4 is 48.9 Å². The third kappa shape index (κ3) is 4.06. The molecular formula is C20H13N3O8S2. The number of carbonyl (C=O) groups excluding carboxylic acids is 1. The molecule has 0 unspecified atom stereocenters. The van der Waals surface area contributed by atoms with E-state index in [9.17, 15) is 28.1 Å². The van der Waals surface area contributed by atoms with Gasteiger partial charge >= 0.3 is 10.6 Å². The Balaban J connectivity index is 1.93. The van der Waals surface area contributed by atoms with Gasteiger partial charge in [0, 0.05) is 18.5 Å². The summed E-state index contributed by atoms with van der Waals surface area (Å²) in [5.74, 6) is -1.09. The zero-order valence-electron chi connectivity index (χ0n) is 16.7. The second-order valence-electron chi connectivity index (χ2n) is 6.49. The molecular weight excluding hydrogens is 474 g/mol. The number of carbonyl (C=O) groups is 1. The molecule has 0 aliphatic rings. The first-order chi connectivity index (χ1) is 15.7. The quantitative estimate of drug-likeness (QED) is 0.295. The number of methoxy groups -OCH3 is 1. The van der Waals surface area contributed by atoms with Crippen LogP contribution in [-0.4, -0.2) is 31.3 Å². The molecule has 0 N–H and O–H groups in total. The summed E-state index contributed by atoms with van der Waals surface area (Å²) in [6.45, 7) is 0. The van der Waals surface area contributed by atoms with Gasteiger partial charge in [-0.3, -0.25) is 19.9 Å². The lowest BCUT2D eigenvalue weighted by molar-refractivity contribution is -0.386. The number of hydrogen-bond acceptors (Lipinski definition) is 10. The number of ether oxygens (including phenoxy) is 1. The molecule has 11 nitrogen and oxygen atoms in total. The number of nitro groups is 1. The lowest BCUT2D eigenvalue weighted by Gasteiger charge is -2.22. The van der Waals surface area contributed by atoms with Gasteiger partial charge < -0.3 is 9.15 Å². The molecule has 0 bridgehead atoms. The summed E-state index contributed by atoms with van der Waals surface area (Å²) < 4.78 is 37.9. The predicted molar refractivity (Wildman–Crippen MR) is 118 cm³/mol. The number of benzene rings is 2. The molecule has 13 heteroatoms. The molecule has 4 aromatic rings. The number of anilines is 1. The second-order valence-corrected chi connectivity index (χ2v) is 9.26. The minimum Gasteiger partial charge on any atom is -0.490 e. The van der Waals surface area contributed by atoms with Gasteiger partial charge in [0.1, 0.15) is 5.58 Å². The van der Waals surface area contributed by atoms with Gasteiger partial charge in [0.2, 0.25) is 0 Å². The van der Waals surface area contributed by atoms with E-state index in [0.29, 0.717) is 9.01 Å². The van der Waals surface area contributed by atoms with Crippen molar-refractivity contribution in [3.8, 4) is 5.75 Å². The molecule has 0 saturated carbocycles. The number of sulfonamides is 1. The number of nitro benzene ring substituents is 1. The predicted octanol–water partition coefficient (Wildman–Crippen LogP) is 3.20. The van der Waals surface area contributed by atoms with Crippen molar-refractivity contribution in [3.63, 3.8) is 0 Å². The Morgan fingerprint density at radius 3 is 2.67 bits per heavy atom. The number of hydrogen-bond donors (Lipinski definition) is 0. The fraction of sp³-hybridized carbons (Fsp3) is 0.0500. The summed E-state index contributed by atoms with van der Waals surface area (Å²) in [6, 6.07) is 9.84. The Bertz CT molecular complexity index is 1540. The highest BCUT2D eigenvalue weighted by atomic mass is 32.2. The second kappa shape index (κ2) is 8.44. The van der Waals surface area contributed by atoms with Gasteiger partial charge in [-0.25, -0.2) is 13.2 Å². The minimum absolute atomic E-state index is 0.0374. The molecule has 0 fully saturated rings. The molecule has 0 aliphatic carbocycles. The molecule has 1 amide bonds. The number of nitrogens with zero attached hydrogens (tertiary/aromatic N) is 3. The van der Waals surface area contributed by atoms with Crippen LogP contribution in [0.25, 0.3) is 10.3 Å². The molecule has 0 radical (unpaired) electrons. The standard InChI is InChI=1S/C20H13N3O8S2/c1-30-16-7-5-14(10-15(16)23(26)27)33(28,29)22(19(24)12-3-2-8-21-11-12)13-4-6-17-18(9-13)32-20(25)31-17/h2-11H,1H3. The van der Waals surface area contributed by atoms with E-state index in [-0.39, 0.29) is 22.6 Å². The highest BCUT2D eigenvalue weighted by Crippen LogP contribution is 2.34. The number of amides is 1. The molecule has 2 aromatic carbocycles. The van der Waals surface area contributed by atoms with Gasteiger partial charge in [0.05, 0.1) is 32.9 Å². The van der Waals surface area contributed by atoms with Crippen molar-refractivity contribution in [2.45, 2.75) is 4.90 Å². The molecule has 33 heavy (non-hydrogen) atoms. The van der Waals surface area contributed by atoms with Gasteiger partial charge in [0.25, 0.3) is 15.9 Å². The van der Waals surface area contributed by atoms with E-state index in [1.165, 1.54) is 49.8 Å². The van der Waals surface area contributed by atoms with Crippen molar-refractivity contribution in [2.24, 2.45) is 0 Å². The summed E-state index contributed by atoms with van der Waals surface area (Å²) in [5, 5.41) is 11.4. The van der Waals surface area contributed by atoms with Gasteiger partial charge in [-0.15, -0.1) is 0 Å². The summed E-state index contributed by atoms with van der Waals surface area (Å²) in [5.41, 5.74) is -0.493. The number of aromatic nitrogens is 1. The topological polar surface area (TPSA) is 150 Å². The average molecular weight is 487 g/mol. The maximum absolute atomic E-state index is 13.6. The zero-order chi connectivity index (χ0) is 23.8. The van der Waals surface area contributed by atoms with E-state index in [1.54, 1.807) is 0 Å². The minimum atomic E-state index is -4.65. The van der Waals surface area contributed by atoms with Crippen LogP contribution in [0.4, 0.5) is 11.4 Å². The maximum Gasteiger partial charge on any atom is 0.396 e. The van der Waals surface area contributed by atoms with E-state index >= 15 is 0 Å². The van der Waals surface area contributed by atoms with E-state index in [4.69, 9.17) is 9.15 Å².